The van der Waals surface area contributed by atoms with E-state index in [1.165, 1.54) is 0 Å². The van der Waals surface area contributed by atoms with Gasteiger partial charge in [0.2, 0.25) is 10.0 Å². The molecule has 0 rings (SSSR count). The Hall–Kier alpha value is 0.200. The van der Waals surface area contributed by atoms with Crippen molar-refractivity contribution in [3.05, 3.63) is 0 Å². The van der Waals surface area contributed by atoms with Crippen molar-refractivity contribution in [3.8, 4) is 0 Å². The van der Waals surface area contributed by atoms with Gasteiger partial charge in [-0.15, -0.1) is 11.6 Å². The fraction of sp³-hybridized carbons (Fsp3) is 1.00. The summed E-state index contributed by atoms with van der Waals surface area (Å²) in [4.78, 5) is 0. The van der Waals surface area contributed by atoms with E-state index in [0.29, 0.717) is 6.42 Å². The SMILES string of the molecule is CC(Cl)CCS(N)(=O)=O. The molecule has 2 N–H and O–H groups in total. The van der Waals surface area contributed by atoms with Gasteiger partial charge >= 0.3 is 0 Å². The van der Waals surface area contributed by atoms with E-state index in [-0.39, 0.29) is 11.1 Å². The molecule has 0 aliphatic rings. The minimum Gasteiger partial charge on any atom is -0.229 e. The fourth-order valence-corrected chi connectivity index (χ4v) is 1.25. The number of halogens is 1. The maximum atomic E-state index is 10.3. The van der Waals surface area contributed by atoms with Crippen LogP contribution >= 0.6 is 11.6 Å². The van der Waals surface area contributed by atoms with Gasteiger partial charge in [0.15, 0.2) is 0 Å². The number of hydrogen-bond acceptors (Lipinski definition) is 2. The zero-order chi connectivity index (χ0) is 7.49. The highest BCUT2D eigenvalue weighted by Gasteiger charge is 2.04. The molecule has 0 aromatic rings. The van der Waals surface area contributed by atoms with E-state index in [1.807, 2.05) is 0 Å². The third kappa shape index (κ3) is 8.20. The number of hydrogen-bond donors (Lipinski definition) is 1. The average Bonchev–Trinajstić information content (AvgIpc) is 1.59. The number of primary sulfonamides is 1. The number of nitrogens with two attached hydrogens (primary N) is 1. The highest BCUT2D eigenvalue weighted by atomic mass is 35.5. The van der Waals surface area contributed by atoms with Crippen molar-refractivity contribution in [1.29, 1.82) is 0 Å². The predicted molar refractivity (Wildman–Crippen MR) is 37.9 cm³/mol. The summed E-state index contributed by atoms with van der Waals surface area (Å²) in [6.07, 6.45) is 0.417. The molecule has 3 nitrogen and oxygen atoms in total. The molecular weight excluding hydrogens is 162 g/mol. The monoisotopic (exact) mass is 171 g/mol. The largest absolute Gasteiger partial charge is 0.229 e. The minimum atomic E-state index is -3.30. The van der Waals surface area contributed by atoms with Crippen molar-refractivity contribution in [2.75, 3.05) is 5.75 Å². The van der Waals surface area contributed by atoms with Crippen LogP contribution in [0.25, 0.3) is 0 Å². The molecule has 0 aromatic carbocycles. The molecular formula is C4H10ClNO2S. The van der Waals surface area contributed by atoms with Crippen LogP contribution in [-0.4, -0.2) is 19.5 Å². The van der Waals surface area contributed by atoms with Gasteiger partial charge in [-0.05, 0) is 13.3 Å². The molecule has 0 aliphatic carbocycles. The Balaban J connectivity index is 3.53. The van der Waals surface area contributed by atoms with Gasteiger partial charge in [-0.25, -0.2) is 13.6 Å². The first-order valence-corrected chi connectivity index (χ1v) is 4.71. The van der Waals surface area contributed by atoms with Gasteiger partial charge < -0.3 is 0 Å². The standard InChI is InChI=1S/C4H10ClNO2S/c1-4(5)2-3-9(6,7)8/h4H,2-3H2,1H3,(H2,6,7,8). The highest BCUT2D eigenvalue weighted by molar-refractivity contribution is 7.89. The first kappa shape index (κ1) is 9.20. The molecule has 0 spiro atoms. The van der Waals surface area contributed by atoms with Crippen molar-refractivity contribution < 1.29 is 8.42 Å². The molecule has 0 heterocycles. The van der Waals surface area contributed by atoms with E-state index < -0.39 is 10.0 Å². The van der Waals surface area contributed by atoms with Crippen LogP contribution in [0.15, 0.2) is 0 Å². The summed E-state index contributed by atoms with van der Waals surface area (Å²) in [5, 5.41) is 4.58. The molecule has 0 saturated heterocycles. The maximum absolute atomic E-state index is 10.3. The summed E-state index contributed by atoms with van der Waals surface area (Å²) < 4.78 is 20.5. The number of alkyl halides is 1. The van der Waals surface area contributed by atoms with E-state index in [0.717, 1.165) is 0 Å². The lowest BCUT2D eigenvalue weighted by Gasteiger charge is -1.98. The molecule has 1 atom stereocenters. The second-order valence-corrected chi connectivity index (χ2v) is 4.42. The first-order chi connectivity index (χ1) is 3.92. The average molecular weight is 172 g/mol. The Morgan fingerprint density at radius 3 is 2.22 bits per heavy atom. The van der Waals surface area contributed by atoms with Crippen LogP contribution in [0.3, 0.4) is 0 Å². The van der Waals surface area contributed by atoms with Gasteiger partial charge in [0.1, 0.15) is 0 Å². The summed E-state index contributed by atoms with van der Waals surface area (Å²) in [6.45, 7) is 1.73. The third-order valence-corrected chi connectivity index (χ3v) is 1.82. The molecule has 1 unspecified atom stereocenters. The van der Waals surface area contributed by atoms with Crippen LogP contribution in [0.5, 0.6) is 0 Å². The summed E-state index contributed by atoms with van der Waals surface area (Å²) >= 11 is 5.46. The molecule has 56 valence electrons. The first-order valence-electron chi connectivity index (χ1n) is 2.56. The van der Waals surface area contributed by atoms with Gasteiger partial charge in [-0.2, -0.15) is 0 Å². The molecule has 0 bridgehead atoms. The summed E-state index contributed by atoms with van der Waals surface area (Å²) in [7, 11) is -3.30. The molecule has 9 heavy (non-hydrogen) atoms. The molecule has 0 amide bonds. The Labute approximate surface area is 60.2 Å². The van der Waals surface area contributed by atoms with Crippen LogP contribution in [0.4, 0.5) is 0 Å². The topological polar surface area (TPSA) is 60.2 Å². The number of sulfonamides is 1. The quantitative estimate of drug-likeness (QED) is 0.621. The second kappa shape index (κ2) is 3.39. The van der Waals surface area contributed by atoms with Crippen molar-refractivity contribution >= 4 is 21.6 Å². The van der Waals surface area contributed by atoms with Crippen LogP contribution in [0.1, 0.15) is 13.3 Å². The molecule has 5 heteroatoms. The van der Waals surface area contributed by atoms with Crippen molar-refractivity contribution in [3.63, 3.8) is 0 Å². The van der Waals surface area contributed by atoms with Crippen molar-refractivity contribution in [2.24, 2.45) is 5.14 Å². The van der Waals surface area contributed by atoms with Gasteiger partial charge in [-0.3, -0.25) is 0 Å². The smallest absolute Gasteiger partial charge is 0.209 e. The van der Waals surface area contributed by atoms with Gasteiger partial charge in [-0.1, -0.05) is 0 Å². The van der Waals surface area contributed by atoms with Crippen LogP contribution in [-0.2, 0) is 10.0 Å². The molecule has 0 saturated carbocycles. The zero-order valence-corrected chi connectivity index (χ0v) is 6.74. The second-order valence-electron chi connectivity index (χ2n) is 1.94. The lowest BCUT2D eigenvalue weighted by molar-refractivity contribution is 0.594. The summed E-state index contributed by atoms with van der Waals surface area (Å²) in [5.41, 5.74) is 0. The Bertz CT molecular complexity index is 163. The van der Waals surface area contributed by atoms with Crippen LogP contribution in [0, 0.1) is 0 Å². The zero-order valence-electron chi connectivity index (χ0n) is 5.17. The molecule has 0 aliphatic heterocycles. The predicted octanol–water partition coefficient (Wildman–Crippen LogP) is 0.292. The lowest BCUT2D eigenvalue weighted by Crippen LogP contribution is -2.18. The maximum Gasteiger partial charge on any atom is 0.209 e. The Morgan fingerprint density at radius 2 is 2.11 bits per heavy atom. The van der Waals surface area contributed by atoms with Gasteiger partial charge in [0.25, 0.3) is 0 Å². The van der Waals surface area contributed by atoms with E-state index in [2.05, 4.69) is 0 Å². The van der Waals surface area contributed by atoms with E-state index in [4.69, 9.17) is 16.7 Å². The fourth-order valence-electron chi connectivity index (χ4n) is 0.327. The third-order valence-electron chi connectivity index (χ3n) is 0.800. The molecule has 0 aromatic heterocycles. The summed E-state index contributed by atoms with van der Waals surface area (Å²) in [6, 6.07) is 0. The highest BCUT2D eigenvalue weighted by Crippen LogP contribution is 2.00. The summed E-state index contributed by atoms with van der Waals surface area (Å²) in [5.74, 6) is -0.0301. The molecule has 0 fully saturated rings. The van der Waals surface area contributed by atoms with Crippen molar-refractivity contribution in [2.45, 2.75) is 18.7 Å². The van der Waals surface area contributed by atoms with E-state index in [1.54, 1.807) is 6.92 Å². The normalized spacial score (nSPS) is 15.4. The Kier molecular flexibility index (Phi) is 3.46. The van der Waals surface area contributed by atoms with Gasteiger partial charge in [0, 0.05) is 5.38 Å². The van der Waals surface area contributed by atoms with Gasteiger partial charge in [0.05, 0.1) is 5.75 Å². The number of rotatable bonds is 3. The van der Waals surface area contributed by atoms with Crippen LogP contribution < -0.4 is 5.14 Å². The van der Waals surface area contributed by atoms with E-state index in [9.17, 15) is 8.42 Å². The van der Waals surface area contributed by atoms with Crippen LogP contribution in [0.2, 0.25) is 0 Å². The van der Waals surface area contributed by atoms with E-state index >= 15 is 0 Å². The van der Waals surface area contributed by atoms with Crippen molar-refractivity contribution in [1.82, 2.24) is 0 Å². The Morgan fingerprint density at radius 1 is 1.67 bits per heavy atom. The lowest BCUT2D eigenvalue weighted by atomic mass is 10.4. The minimum absolute atomic E-state index is 0.0301. The molecule has 0 radical (unpaired) electrons.